The average Bonchev–Trinajstić information content (AvgIpc) is 2.25. The maximum absolute atomic E-state index is 12.2. The molecule has 0 rings (SSSR count). The minimum absolute atomic E-state index is 0.511. The number of carbonyl (C=O) groups excluding carboxylic acids is 1. The van der Waals surface area contributed by atoms with Crippen LogP contribution in [0.25, 0.3) is 0 Å². The Balaban J connectivity index is 5.17. The van der Waals surface area contributed by atoms with Gasteiger partial charge in [0.2, 0.25) is 0 Å². The molecule has 0 saturated heterocycles. The van der Waals surface area contributed by atoms with E-state index in [1.54, 1.807) is 27.7 Å². The third kappa shape index (κ3) is 2.88. The molecule has 0 aromatic carbocycles. The van der Waals surface area contributed by atoms with Gasteiger partial charge < -0.3 is 0 Å². The molecule has 0 amide bonds. The van der Waals surface area contributed by atoms with Crippen molar-refractivity contribution < 1.29 is 22.5 Å². The molecule has 0 fully saturated rings. The molecule has 0 atom stereocenters. The summed E-state index contributed by atoms with van der Waals surface area (Å²) in [6, 6.07) is 0. The summed E-state index contributed by atoms with van der Waals surface area (Å²) in [7, 11) is 0. The minimum atomic E-state index is -4.89. The molecule has 0 unspecified atom stereocenters. The van der Waals surface area contributed by atoms with E-state index in [1.165, 1.54) is 0 Å². The molecule has 0 spiro atoms. The Hall–Kier alpha value is -0.310. The molecule has 0 saturated carbocycles. The van der Waals surface area contributed by atoms with E-state index in [0.717, 1.165) is 0 Å². The number of alkyl halides is 3. The summed E-state index contributed by atoms with van der Waals surface area (Å²) in [4.78, 5) is 11.0. The zero-order chi connectivity index (χ0) is 13.1. The number of hydrogen-bond donors (Lipinski definition) is 0. The molecule has 16 heavy (non-hydrogen) atoms. The summed E-state index contributed by atoms with van der Waals surface area (Å²) in [5.41, 5.74) is 0. The summed E-state index contributed by atoms with van der Waals surface area (Å²) in [6.45, 7) is 4.26. The standard InChI is InChI=1S/C10H20F3O2P/c1-5-16(6-2,7-3,8-4)15-9(14)10(11,12)13/h5-8H2,1-4H3. The van der Waals surface area contributed by atoms with Gasteiger partial charge in [0.25, 0.3) is 0 Å². The summed E-state index contributed by atoms with van der Waals surface area (Å²) < 4.78 is 41.7. The molecule has 0 aliphatic carbocycles. The van der Waals surface area contributed by atoms with E-state index in [1.807, 2.05) is 0 Å². The molecule has 0 aliphatic rings. The van der Waals surface area contributed by atoms with Crippen LogP contribution in [0.4, 0.5) is 13.2 Å². The Kier molecular flexibility index (Phi) is 4.81. The first-order valence-electron chi connectivity index (χ1n) is 5.50. The van der Waals surface area contributed by atoms with Crippen LogP contribution in [-0.2, 0) is 9.32 Å². The normalized spacial score (nSPS) is 15.3. The van der Waals surface area contributed by atoms with Crippen LogP contribution in [0.2, 0.25) is 0 Å². The van der Waals surface area contributed by atoms with Gasteiger partial charge in [-0.1, -0.05) is 0 Å². The molecule has 0 N–H and O–H groups in total. The van der Waals surface area contributed by atoms with Crippen LogP contribution < -0.4 is 0 Å². The average molecular weight is 260 g/mol. The number of hydrogen-bond acceptors (Lipinski definition) is 2. The topological polar surface area (TPSA) is 26.3 Å². The number of halogens is 3. The van der Waals surface area contributed by atoms with E-state index in [2.05, 4.69) is 0 Å². The van der Waals surface area contributed by atoms with Crippen molar-refractivity contribution >= 4 is 12.8 Å². The van der Waals surface area contributed by atoms with E-state index >= 15 is 0 Å². The third-order valence-corrected chi connectivity index (χ3v) is 10.9. The molecule has 0 radical (unpaired) electrons. The molecule has 0 aromatic heterocycles. The SMILES string of the molecule is CCP(CC)(CC)(CC)OC(=O)C(F)(F)F. The first kappa shape index (κ1) is 15.7. The van der Waals surface area contributed by atoms with E-state index < -0.39 is 19.0 Å². The van der Waals surface area contributed by atoms with Crippen molar-refractivity contribution in [3.8, 4) is 0 Å². The first-order valence-corrected chi connectivity index (χ1v) is 8.40. The molecular weight excluding hydrogens is 240 g/mol. The number of carbonyl (C=O) groups is 1. The predicted molar refractivity (Wildman–Crippen MR) is 61.2 cm³/mol. The van der Waals surface area contributed by atoms with E-state index in [-0.39, 0.29) is 0 Å². The fraction of sp³-hybridized carbons (Fsp3) is 0.900. The van der Waals surface area contributed by atoms with Crippen LogP contribution in [0.3, 0.4) is 0 Å². The predicted octanol–water partition coefficient (Wildman–Crippen LogP) is 3.64. The first-order chi connectivity index (χ1) is 7.18. The van der Waals surface area contributed by atoms with Crippen LogP contribution in [0, 0.1) is 0 Å². The van der Waals surface area contributed by atoms with Crippen LogP contribution in [0.15, 0.2) is 0 Å². The van der Waals surface area contributed by atoms with Gasteiger partial charge in [-0.3, -0.25) is 0 Å². The van der Waals surface area contributed by atoms with Crippen molar-refractivity contribution in [2.45, 2.75) is 33.9 Å². The molecule has 6 heteroatoms. The fourth-order valence-corrected chi connectivity index (χ4v) is 5.66. The van der Waals surface area contributed by atoms with Crippen LogP contribution in [-0.4, -0.2) is 36.8 Å². The summed E-state index contributed by atoms with van der Waals surface area (Å²) in [5, 5.41) is 0. The second-order valence-corrected chi connectivity index (χ2v) is 10.4. The Morgan fingerprint density at radius 2 is 1.31 bits per heavy atom. The van der Waals surface area contributed by atoms with Gasteiger partial charge in [0.1, 0.15) is 0 Å². The van der Waals surface area contributed by atoms with Gasteiger partial charge in [0, 0.05) is 0 Å². The second kappa shape index (κ2) is 4.91. The van der Waals surface area contributed by atoms with E-state index in [4.69, 9.17) is 4.52 Å². The molecule has 0 bridgehead atoms. The van der Waals surface area contributed by atoms with Crippen molar-refractivity contribution in [3.05, 3.63) is 0 Å². The van der Waals surface area contributed by atoms with Crippen LogP contribution >= 0.6 is 6.83 Å². The quantitative estimate of drug-likeness (QED) is 0.705. The number of rotatable bonds is 5. The Morgan fingerprint density at radius 1 is 1.00 bits per heavy atom. The zero-order valence-corrected chi connectivity index (χ0v) is 11.1. The molecule has 0 aliphatic heterocycles. The van der Waals surface area contributed by atoms with Crippen molar-refractivity contribution in [2.24, 2.45) is 0 Å². The Labute approximate surface area is 94.6 Å². The third-order valence-electron chi connectivity index (χ3n) is 3.77. The van der Waals surface area contributed by atoms with Gasteiger partial charge in [-0.15, -0.1) is 0 Å². The Morgan fingerprint density at radius 3 is 1.50 bits per heavy atom. The van der Waals surface area contributed by atoms with Gasteiger partial charge in [-0.25, -0.2) is 0 Å². The summed E-state index contributed by atoms with van der Waals surface area (Å²) in [6.07, 6.45) is -2.85. The van der Waals surface area contributed by atoms with Gasteiger partial charge >= 0.3 is 93.8 Å². The molecule has 98 valence electrons. The van der Waals surface area contributed by atoms with E-state index in [0.29, 0.717) is 24.6 Å². The summed E-state index contributed by atoms with van der Waals surface area (Å²) in [5.74, 6) is -2.03. The Bertz CT molecular complexity index is 236. The van der Waals surface area contributed by atoms with Crippen molar-refractivity contribution in [3.63, 3.8) is 0 Å². The molecular formula is C10H20F3O2P. The van der Waals surface area contributed by atoms with Crippen molar-refractivity contribution in [1.29, 1.82) is 0 Å². The van der Waals surface area contributed by atoms with E-state index in [9.17, 15) is 18.0 Å². The zero-order valence-electron chi connectivity index (χ0n) is 10.2. The molecule has 0 aromatic rings. The van der Waals surface area contributed by atoms with Gasteiger partial charge in [0.15, 0.2) is 0 Å². The van der Waals surface area contributed by atoms with Crippen molar-refractivity contribution in [2.75, 3.05) is 24.6 Å². The molecule has 2 nitrogen and oxygen atoms in total. The monoisotopic (exact) mass is 260 g/mol. The van der Waals surface area contributed by atoms with Gasteiger partial charge in [-0.2, -0.15) is 0 Å². The fourth-order valence-electron chi connectivity index (χ4n) is 1.89. The molecule has 0 heterocycles. The maximum atomic E-state index is 12.2. The van der Waals surface area contributed by atoms with Crippen molar-refractivity contribution in [1.82, 2.24) is 0 Å². The second-order valence-electron chi connectivity index (χ2n) is 4.00. The van der Waals surface area contributed by atoms with Gasteiger partial charge in [0.05, 0.1) is 0 Å². The summed E-state index contributed by atoms with van der Waals surface area (Å²) >= 11 is 0. The van der Waals surface area contributed by atoms with Crippen LogP contribution in [0.1, 0.15) is 27.7 Å². The van der Waals surface area contributed by atoms with Gasteiger partial charge in [-0.05, 0) is 0 Å². The van der Waals surface area contributed by atoms with Crippen LogP contribution in [0.5, 0.6) is 0 Å².